The normalized spacial score (nSPS) is 21.3. The van der Waals surface area contributed by atoms with Crippen molar-refractivity contribution in [1.82, 2.24) is 0 Å². The Morgan fingerprint density at radius 1 is 0.667 bits per heavy atom. The molecule has 0 aromatic heterocycles. The zero-order valence-corrected chi connectivity index (χ0v) is 14.6. The maximum absolute atomic E-state index is 12.7. The fourth-order valence-corrected chi connectivity index (χ4v) is 4.55. The van der Waals surface area contributed by atoms with Gasteiger partial charge in [0.05, 0.1) is 11.1 Å². The van der Waals surface area contributed by atoms with E-state index in [4.69, 9.17) is 0 Å². The molecule has 1 aliphatic heterocycles. The molecule has 144 valence electrons. The van der Waals surface area contributed by atoms with Crippen LogP contribution >= 0.6 is 11.8 Å². The van der Waals surface area contributed by atoms with Gasteiger partial charge in [0.15, 0.2) is 0 Å². The molecule has 0 spiro atoms. The van der Waals surface area contributed by atoms with Crippen molar-refractivity contribution >= 4 is 17.5 Å². The first kappa shape index (κ1) is 19.8. The van der Waals surface area contributed by atoms with Crippen LogP contribution in [0.3, 0.4) is 0 Å². The Hall–Kier alpha value is -1.96. The zero-order valence-electron chi connectivity index (χ0n) is 13.8. The van der Waals surface area contributed by atoms with E-state index in [1.807, 2.05) is 0 Å². The van der Waals surface area contributed by atoms with Crippen molar-refractivity contribution in [3.8, 4) is 0 Å². The van der Waals surface area contributed by atoms with Gasteiger partial charge in [-0.05, 0) is 35.4 Å². The Morgan fingerprint density at radius 3 is 1.30 bits per heavy atom. The number of rotatable bonds is 2. The second kappa shape index (κ2) is 7.22. The van der Waals surface area contributed by atoms with Crippen LogP contribution in [0.5, 0.6) is 0 Å². The minimum atomic E-state index is -4.43. The highest BCUT2D eigenvalue weighted by Gasteiger charge is 2.34. The lowest BCUT2D eigenvalue weighted by molar-refractivity contribution is -0.138. The predicted molar refractivity (Wildman–Crippen MR) is 90.2 cm³/mol. The molecule has 0 bridgehead atoms. The molecule has 1 saturated heterocycles. The number of alkyl halides is 6. The van der Waals surface area contributed by atoms with Crippen LogP contribution < -0.4 is 0 Å². The van der Waals surface area contributed by atoms with Gasteiger partial charge >= 0.3 is 12.4 Å². The Bertz CT molecular complexity index is 741. The van der Waals surface area contributed by atoms with Gasteiger partial charge in [0.1, 0.15) is 5.78 Å². The Balaban J connectivity index is 1.79. The van der Waals surface area contributed by atoms with Crippen LogP contribution in [-0.2, 0) is 17.1 Å². The largest absolute Gasteiger partial charge is 0.416 e. The fourth-order valence-electron chi connectivity index (χ4n) is 2.96. The molecule has 0 radical (unpaired) electrons. The molecule has 1 nitrogen and oxygen atoms in total. The van der Waals surface area contributed by atoms with Crippen molar-refractivity contribution in [2.24, 2.45) is 0 Å². The molecule has 2 atom stereocenters. The molecule has 0 amide bonds. The van der Waals surface area contributed by atoms with Gasteiger partial charge in [0.25, 0.3) is 0 Å². The monoisotopic (exact) mass is 404 g/mol. The van der Waals surface area contributed by atoms with Crippen molar-refractivity contribution in [3.63, 3.8) is 0 Å². The summed E-state index contributed by atoms with van der Waals surface area (Å²) in [6.07, 6.45) is -8.49. The van der Waals surface area contributed by atoms with Crippen LogP contribution in [-0.4, -0.2) is 5.78 Å². The molecular formula is C19H14F6OS. The molecule has 1 fully saturated rings. The van der Waals surface area contributed by atoms with Crippen molar-refractivity contribution in [1.29, 1.82) is 0 Å². The van der Waals surface area contributed by atoms with E-state index in [0.29, 0.717) is 11.1 Å². The topological polar surface area (TPSA) is 17.1 Å². The first-order chi connectivity index (χ1) is 12.5. The van der Waals surface area contributed by atoms with Gasteiger partial charge in [-0.2, -0.15) is 26.3 Å². The van der Waals surface area contributed by atoms with Gasteiger partial charge in [0, 0.05) is 23.3 Å². The molecule has 1 heterocycles. The molecule has 2 aromatic rings. The summed E-state index contributed by atoms with van der Waals surface area (Å²) in [6.45, 7) is 0. The van der Waals surface area contributed by atoms with E-state index in [1.165, 1.54) is 36.0 Å². The van der Waals surface area contributed by atoms with Gasteiger partial charge < -0.3 is 0 Å². The van der Waals surface area contributed by atoms with Crippen LogP contribution in [0.15, 0.2) is 48.5 Å². The van der Waals surface area contributed by atoms with E-state index in [-0.39, 0.29) is 29.1 Å². The number of ketones is 1. The second-order valence-corrected chi connectivity index (χ2v) is 7.71. The number of thioether (sulfide) groups is 1. The lowest BCUT2D eigenvalue weighted by atomic mass is 9.99. The summed E-state index contributed by atoms with van der Waals surface area (Å²) in [6, 6.07) is 9.30. The summed E-state index contributed by atoms with van der Waals surface area (Å²) < 4.78 is 76.1. The Labute approximate surface area is 155 Å². The molecule has 27 heavy (non-hydrogen) atoms. The third-order valence-corrected chi connectivity index (χ3v) is 5.91. The molecule has 1 aliphatic rings. The summed E-state index contributed by atoms with van der Waals surface area (Å²) in [5.74, 6) is -0.0662. The van der Waals surface area contributed by atoms with Crippen molar-refractivity contribution < 1.29 is 31.1 Å². The van der Waals surface area contributed by atoms with Gasteiger partial charge in [-0.25, -0.2) is 0 Å². The highest BCUT2D eigenvalue weighted by molar-refractivity contribution is 7.99. The Kier molecular flexibility index (Phi) is 5.29. The first-order valence-electron chi connectivity index (χ1n) is 8.05. The SMILES string of the molecule is O=C1CC(c2ccc(C(F)(F)F)cc2)SC(c2ccc(C(F)(F)F)cc2)C1. The molecule has 0 saturated carbocycles. The van der Waals surface area contributed by atoms with Crippen LogP contribution in [0.4, 0.5) is 26.3 Å². The van der Waals surface area contributed by atoms with Crippen molar-refractivity contribution in [3.05, 3.63) is 70.8 Å². The fraction of sp³-hybridized carbons (Fsp3) is 0.316. The first-order valence-corrected chi connectivity index (χ1v) is 9.00. The van der Waals surface area contributed by atoms with E-state index in [1.54, 1.807) is 0 Å². The van der Waals surface area contributed by atoms with Gasteiger partial charge in [0.2, 0.25) is 0 Å². The van der Waals surface area contributed by atoms with Crippen LogP contribution in [0, 0.1) is 0 Å². The molecule has 2 unspecified atom stereocenters. The summed E-state index contributed by atoms with van der Waals surface area (Å²) >= 11 is 1.38. The molecule has 0 aliphatic carbocycles. The van der Waals surface area contributed by atoms with E-state index in [2.05, 4.69) is 0 Å². The molecule has 8 heteroatoms. The third kappa shape index (κ3) is 4.66. The molecule has 3 rings (SSSR count). The average molecular weight is 404 g/mol. The predicted octanol–water partition coefficient (Wildman–Crippen LogP) is 6.60. The van der Waals surface area contributed by atoms with E-state index in [9.17, 15) is 31.1 Å². The summed E-state index contributed by atoms with van der Waals surface area (Å²) in [7, 11) is 0. The van der Waals surface area contributed by atoms with Crippen molar-refractivity contribution in [2.75, 3.05) is 0 Å². The van der Waals surface area contributed by atoms with Crippen LogP contribution in [0.1, 0.15) is 45.6 Å². The second-order valence-electron chi connectivity index (χ2n) is 6.30. The lowest BCUT2D eigenvalue weighted by Crippen LogP contribution is -2.16. The highest BCUT2D eigenvalue weighted by atomic mass is 32.2. The standard InChI is InChI=1S/C19H14F6OS/c20-18(21,22)13-5-1-11(2-6-13)16-9-15(26)10-17(27-16)12-3-7-14(8-4-12)19(23,24)25/h1-8,16-17H,9-10H2. The number of carbonyl (C=O) groups excluding carboxylic acids is 1. The van der Waals surface area contributed by atoms with Crippen molar-refractivity contribution in [2.45, 2.75) is 35.7 Å². The van der Waals surface area contributed by atoms with Crippen LogP contribution in [0.2, 0.25) is 0 Å². The van der Waals surface area contributed by atoms with Gasteiger partial charge in [-0.3, -0.25) is 4.79 Å². The minimum Gasteiger partial charge on any atom is -0.300 e. The highest BCUT2D eigenvalue weighted by Crippen LogP contribution is 2.49. The summed E-state index contributed by atoms with van der Waals surface area (Å²) in [5.41, 5.74) is -0.341. The van der Waals surface area contributed by atoms with Gasteiger partial charge in [-0.1, -0.05) is 24.3 Å². The number of halogens is 6. The minimum absolute atomic E-state index is 0.0662. The third-order valence-electron chi connectivity index (χ3n) is 4.37. The quantitative estimate of drug-likeness (QED) is 0.525. The zero-order chi connectivity index (χ0) is 19.8. The lowest BCUT2D eigenvalue weighted by Gasteiger charge is -2.29. The van der Waals surface area contributed by atoms with Gasteiger partial charge in [-0.15, -0.1) is 11.8 Å². The molecule has 2 aromatic carbocycles. The Morgan fingerprint density at radius 2 is 1.00 bits per heavy atom. The maximum atomic E-state index is 12.7. The summed E-state index contributed by atoms with van der Waals surface area (Å²) in [5, 5.41) is -0.665. The number of benzene rings is 2. The van der Waals surface area contributed by atoms with E-state index < -0.39 is 23.5 Å². The van der Waals surface area contributed by atoms with E-state index >= 15 is 0 Å². The number of carbonyl (C=O) groups is 1. The average Bonchev–Trinajstić information content (AvgIpc) is 2.60. The smallest absolute Gasteiger partial charge is 0.300 e. The number of hydrogen-bond donors (Lipinski definition) is 0. The van der Waals surface area contributed by atoms with E-state index in [0.717, 1.165) is 24.3 Å². The van der Waals surface area contributed by atoms with Crippen LogP contribution in [0.25, 0.3) is 0 Å². The number of hydrogen-bond acceptors (Lipinski definition) is 2. The summed E-state index contributed by atoms with van der Waals surface area (Å²) in [4.78, 5) is 12.1. The molecule has 0 N–H and O–H groups in total. The number of Topliss-reactive ketones (excluding diaryl/α,β-unsaturated/α-hetero) is 1. The maximum Gasteiger partial charge on any atom is 0.416 e. The molecular weight excluding hydrogens is 390 g/mol.